The predicted octanol–water partition coefficient (Wildman–Crippen LogP) is 2.36. The van der Waals surface area contributed by atoms with Crippen LogP contribution in [0.1, 0.15) is 24.2 Å². The number of anilines is 1. The summed E-state index contributed by atoms with van der Waals surface area (Å²) in [6, 6.07) is 11.3. The molecule has 0 aliphatic heterocycles. The second-order valence-electron chi connectivity index (χ2n) is 5.87. The number of fused-ring (bicyclic) bond motifs is 1. The highest BCUT2D eigenvalue weighted by Crippen LogP contribution is 2.20. The molecule has 0 aliphatic carbocycles. The van der Waals surface area contributed by atoms with Crippen molar-refractivity contribution in [3.8, 4) is 11.1 Å². The van der Waals surface area contributed by atoms with Crippen LogP contribution in [0.5, 0.6) is 0 Å². The molecule has 1 aromatic carbocycles. The highest BCUT2D eigenvalue weighted by Gasteiger charge is 2.07. The molecule has 23 heavy (non-hydrogen) atoms. The van der Waals surface area contributed by atoms with E-state index in [2.05, 4.69) is 29.2 Å². The normalized spacial score (nSPS) is 11.1. The van der Waals surface area contributed by atoms with E-state index in [9.17, 15) is 4.79 Å². The van der Waals surface area contributed by atoms with Gasteiger partial charge in [-0.05, 0) is 35.7 Å². The first-order valence-electron chi connectivity index (χ1n) is 7.53. The molecule has 6 nitrogen and oxygen atoms in total. The second kappa shape index (κ2) is 6.08. The van der Waals surface area contributed by atoms with Gasteiger partial charge >= 0.3 is 0 Å². The number of carbonyl (C=O) groups excluding carboxylic acids is 1. The monoisotopic (exact) mass is 309 g/mol. The minimum atomic E-state index is -0.0512. The van der Waals surface area contributed by atoms with Crippen LogP contribution in [0.4, 0.5) is 5.95 Å². The van der Waals surface area contributed by atoms with Crippen molar-refractivity contribution in [3.05, 3.63) is 48.2 Å². The topological polar surface area (TPSA) is 85.3 Å². The molecular weight excluding hydrogens is 290 g/mol. The number of pyridine rings is 1. The molecule has 1 amide bonds. The van der Waals surface area contributed by atoms with Gasteiger partial charge in [-0.2, -0.15) is 4.98 Å². The Labute approximate surface area is 134 Å². The summed E-state index contributed by atoms with van der Waals surface area (Å²) in [6.07, 6.45) is 1.87. The van der Waals surface area contributed by atoms with E-state index in [1.165, 1.54) is 0 Å². The zero-order valence-electron chi connectivity index (χ0n) is 13.2. The SMILES string of the molecule is CC(C)CNC(=O)c1ccc(-c2ccc3nc(N)nn3c2)cc1. The van der Waals surface area contributed by atoms with Crippen molar-refractivity contribution >= 4 is 17.5 Å². The number of amides is 1. The number of nitrogen functional groups attached to an aromatic ring is 1. The number of hydrogen-bond acceptors (Lipinski definition) is 4. The Morgan fingerprint density at radius 2 is 1.87 bits per heavy atom. The molecule has 0 saturated heterocycles. The summed E-state index contributed by atoms with van der Waals surface area (Å²) in [5, 5.41) is 7.01. The number of nitrogens with one attached hydrogen (secondary N) is 1. The molecule has 0 fully saturated rings. The molecule has 0 unspecified atom stereocenters. The van der Waals surface area contributed by atoms with E-state index in [1.54, 1.807) is 4.52 Å². The number of nitrogens with two attached hydrogens (primary N) is 1. The van der Waals surface area contributed by atoms with Crippen LogP contribution in [-0.4, -0.2) is 27.0 Å². The summed E-state index contributed by atoms with van der Waals surface area (Å²) in [4.78, 5) is 16.1. The lowest BCUT2D eigenvalue weighted by Crippen LogP contribution is -2.27. The number of benzene rings is 1. The first kappa shape index (κ1) is 15.0. The highest BCUT2D eigenvalue weighted by atomic mass is 16.1. The molecule has 0 radical (unpaired) electrons. The van der Waals surface area contributed by atoms with Crippen LogP contribution in [0.15, 0.2) is 42.6 Å². The van der Waals surface area contributed by atoms with Gasteiger partial charge in [-0.15, -0.1) is 5.10 Å². The van der Waals surface area contributed by atoms with Crippen molar-refractivity contribution in [2.75, 3.05) is 12.3 Å². The maximum absolute atomic E-state index is 12.0. The van der Waals surface area contributed by atoms with Crippen molar-refractivity contribution in [3.63, 3.8) is 0 Å². The van der Waals surface area contributed by atoms with E-state index in [-0.39, 0.29) is 11.9 Å². The van der Waals surface area contributed by atoms with Gasteiger partial charge in [-0.1, -0.05) is 26.0 Å². The number of rotatable bonds is 4. The summed E-state index contributed by atoms with van der Waals surface area (Å²) >= 11 is 0. The van der Waals surface area contributed by atoms with Gasteiger partial charge in [-0.25, -0.2) is 4.52 Å². The maximum Gasteiger partial charge on any atom is 0.251 e. The number of hydrogen-bond donors (Lipinski definition) is 2. The minimum Gasteiger partial charge on any atom is -0.366 e. The molecule has 0 spiro atoms. The van der Waals surface area contributed by atoms with E-state index in [1.807, 2.05) is 42.6 Å². The molecular formula is C17H19N5O. The molecule has 0 atom stereocenters. The third-order valence-corrected chi connectivity index (χ3v) is 3.50. The molecule has 2 aromatic heterocycles. The Kier molecular flexibility index (Phi) is 3.97. The fourth-order valence-electron chi connectivity index (χ4n) is 2.28. The van der Waals surface area contributed by atoms with Gasteiger partial charge in [0.1, 0.15) is 0 Å². The molecule has 0 aliphatic rings. The summed E-state index contributed by atoms with van der Waals surface area (Å²) in [5.74, 6) is 0.629. The van der Waals surface area contributed by atoms with Gasteiger partial charge < -0.3 is 11.1 Å². The Bertz CT molecular complexity index is 836. The molecule has 2 heterocycles. The third-order valence-electron chi connectivity index (χ3n) is 3.50. The van der Waals surface area contributed by atoms with Gasteiger partial charge in [0.2, 0.25) is 5.95 Å². The zero-order valence-corrected chi connectivity index (χ0v) is 13.2. The lowest BCUT2D eigenvalue weighted by molar-refractivity contribution is 0.0949. The van der Waals surface area contributed by atoms with Crippen molar-refractivity contribution in [2.45, 2.75) is 13.8 Å². The summed E-state index contributed by atoms with van der Waals surface area (Å²) in [5.41, 5.74) is 8.94. The van der Waals surface area contributed by atoms with Crippen LogP contribution >= 0.6 is 0 Å². The summed E-state index contributed by atoms with van der Waals surface area (Å²) in [6.45, 7) is 4.80. The minimum absolute atomic E-state index is 0.0512. The fourth-order valence-corrected chi connectivity index (χ4v) is 2.28. The maximum atomic E-state index is 12.0. The smallest absolute Gasteiger partial charge is 0.251 e. The Hall–Kier alpha value is -2.89. The first-order chi connectivity index (χ1) is 11.0. The summed E-state index contributed by atoms with van der Waals surface area (Å²) < 4.78 is 1.65. The van der Waals surface area contributed by atoms with Crippen molar-refractivity contribution in [1.29, 1.82) is 0 Å². The largest absolute Gasteiger partial charge is 0.366 e. The summed E-state index contributed by atoms with van der Waals surface area (Å²) in [7, 11) is 0. The van der Waals surface area contributed by atoms with E-state index in [0.717, 1.165) is 11.1 Å². The van der Waals surface area contributed by atoms with E-state index < -0.39 is 0 Å². The van der Waals surface area contributed by atoms with Crippen molar-refractivity contribution < 1.29 is 4.79 Å². The van der Waals surface area contributed by atoms with Crippen LogP contribution in [0.25, 0.3) is 16.8 Å². The van der Waals surface area contributed by atoms with Gasteiger partial charge in [-0.3, -0.25) is 4.79 Å². The van der Waals surface area contributed by atoms with E-state index in [4.69, 9.17) is 5.73 Å². The first-order valence-corrected chi connectivity index (χ1v) is 7.53. The number of aromatic nitrogens is 3. The van der Waals surface area contributed by atoms with Crippen molar-refractivity contribution in [1.82, 2.24) is 19.9 Å². The quantitative estimate of drug-likeness (QED) is 0.774. The van der Waals surface area contributed by atoms with E-state index >= 15 is 0 Å². The Balaban J connectivity index is 1.81. The molecule has 118 valence electrons. The van der Waals surface area contributed by atoms with Gasteiger partial charge in [0.25, 0.3) is 5.91 Å². The lowest BCUT2D eigenvalue weighted by atomic mass is 10.1. The number of carbonyl (C=O) groups is 1. The highest BCUT2D eigenvalue weighted by molar-refractivity contribution is 5.94. The third kappa shape index (κ3) is 3.31. The van der Waals surface area contributed by atoms with Gasteiger partial charge in [0, 0.05) is 23.9 Å². The molecule has 0 bridgehead atoms. The van der Waals surface area contributed by atoms with Crippen LogP contribution in [0.2, 0.25) is 0 Å². The molecule has 3 aromatic rings. The molecule has 6 heteroatoms. The van der Waals surface area contributed by atoms with E-state index in [0.29, 0.717) is 23.7 Å². The van der Waals surface area contributed by atoms with Gasteiger partial charge in [0.05, 0.1) is 0 Å². The standard InChI is InChI=1S/C17H19N5O/c1-11(2)9-19-16(23)13-5-3-12(4-6-13)14-7-8-15-20-17(18)21-22(15)10-14/h3-8,10-11H,9H2,1-2H3,(H2,18,21)(H,19,23). The van der Waals surface area contributed by atoms with Gasteiger partial charge in [0.15, 0.2) is 5.65 Å². The lowest BCUT2D eigenvalue weighted by Gasteiger charge is -2.08. The average Bonchev–Trinajstić information content (AvgIpc) is 2.91. The molecule has 0 saturated carbocycles. The predicted molar refractivity (Wildman–Crippen MR) is 90.0 cm³/mol. The molecule has 3 rings (SSSR count). The van der Waals surface area contributed by atoms with Crippen LogP contribution < -0.4 is 11.1 Å². The number of nitrogens with zero attached hydrogens (tertiary/aromatic N) is 3. The van der Waals surface area contributed by atoms with Crippen molar-refractivity contribution in [2.24, 2.45) is 5.92 Å². The van der Waals surface area contributed by atoms with Crippen LogP contribution in [0.3, 0.4) is 0 Å². The zero-order chi connectivity index (χ0) is 16.4. The molecule has 3 N–H and O–H groups in total. The Morgan fingerprint density at radius 3 is 2.57 bits per heavy atom. The average molecular weight is 309 g/mol. The Morgan fingerprint density at radius 1 is 1.17 bits per heavy atom. The van der Waals surface area contributed by atoms with Crippen LogP contribution in [0, 0.1) is 5.92 Å². The van der Waals surface area contributed by atoms with Crippen LogP contribution in [-0.2, 0) is 0 Å². The fraction of sp³-hybridized carbons (Fsp3) is 0.235. The second-order valence-corrected chi connectivity index (χ2v) is 5.87.